The number of hydrogen-bond acceptors (Lipinski definition) is 5. The largest absolute Gasteiger partial charge is 0.355 e. The molecule has 110 valence electrons. The van der Waals surface area contributed by atoms with E-state index in [0.29, 0.717) is 23.5 Å². The van der Waals surface area contributed by atoms with E-state index in [1.807, 2.05) is 6.07 Å². The van der Waals surface area contributed by atoms with Crippen LogP contribution >= 0.6 is 11.3 Å². The first kappa shape index (κ1) is 13.0. The monoisotopic (exact) mass is 311 g/mol. The third kappa shape index (κ3) is 2.35. The zero-order chi connectivity index (χ0) is 14.9. The zero-order valence-corrected chi connectivity index (χ0v) is 12.4. The maximum absolute atomic E-state index is 11.8. The van der Waals surface area contributed by atoms with Crippen LogP contribution in [0.2, 0.25) is 0 Å². The van der Waals surface area contributed by atoms with Gasteiger partial charge in [0.25, 0.3) is 5.56 Å². The van der Waals surface area contributed by atoms with Gasteiger partial charge >= 0.3 is 0 Å². The van der Waals surface area contributed by atoms with Gasteiger partial charge in [0.05, 0.1) is 6.20 Å². The van der Waals surface area contributed by atoms with Gasteiger partial charge in [-0.25, -0.2) is 0 Å². The molecule has 0 aliphatic rings. The fraction of sp³-hybridized carbons (Fsp3) is 0.133. The highest BCUT2D eigenvalue weighted by Gasteiger charge is 2.05. The van der Waals surface area contributed by atoms with Gasteiger partial charge in [-0.1, -0.05) is 18.2 Å². The van der Waals surface area contributed by atoms with Gasteiger partial charge in [-0.15, -0.1) is 11.3 Å². The first-order valence-corrected chi connectivity index (χ1v) is 7.76. The Morgan fingerprint density at radius 2 is 2.18 bits per heavy atom. The molecule has 0 bridgehead atoms. The molecule has 0 unspecified atom stereocenters. The summed E-state index contributed by atoms with van der Waals surface area (Å²) < 4.78 is 1.29. The predicted octanol–water partition coefficient (Wildman–Crippen LogP) is 2.52. The number of rotatable bonds is 4. The lowest BCUT2D eigenvalue weighted by Gasteiger charge is -2.03. The van der Waals surface area contributed by atoms with Crippen LogP contribution in [0.1, 0.15) is 4.88 Å². The van der Waals surface area contributed by atoms with Crippen molar-refractivity contribution in [2.75, 3.05) is 11.9 Å². The molecular formula is C15H13N5OS. The molecule has 0 atom stereocenters. The molecule has 0 saturated heterocycles. The summed E-state index contributed by atoms with van der Waals surface area (Å²) in [4.78, 5) is 20.1. The first-order chi connectivity index (χ1) is 10.8. The van der Waals surface area contributed by atoms with Gasteiger partial charge in [0, 0.05) is 16.1 Å². The molecule has 22 heavy (non-hydrogen) atoms. The molecular weight excluding hydrogens is 298 g/mol. The SMILES string of the molecule is O=c1[nH]c(NCCc2cc3ccccc3s2)nc2[nH]ncc12. The van der Waals surface area contributed by atoms with Crippen LogP contribution in [0, 0.1) is 0 Å². The minimum absolute atomic E-state index is 0.192. The quantitative estimate of drug-likeness (QED) is 0.540. The van der Waals surface area contributed by atoms with Crippen LogP contribution in [0.25, 0.3) is 21.1 Å². The van der Waals surface area contributed by atoms with Crippen molar-refractivity contribution in [3.63, 3.8) is 0 Å². The third-order valence-electron chi connectivity index (χ3n) is 3.46. The molecule has 0 aliphatic heterocycles. The molecule has 6 nitrogen and oxygen atoms in total. The van der Waals surface area contributed by atoms with Crippen molar-refractivity contribution >= 4 is 38.4 Å². The Kier molecular flexibility index (Phi) is 3.12. The molecule has 3 N–H and O–H groups in total. The van der Waals surface area contributed by atoms with E-state index in [9.17, 15) is 4.79 Å². The highest BCUT2D eigenvalue weighted by atomic mass is 32.1. The number of nitrogens with one attached hydrogen (secondary N) is 3. The highest BCUT2D eigenvalue weighted by Crippen LogP contribution is 2.25. The number of anilines is 1. The van der Waals surface area contributed by atoms with Gasteiger partial charge in [-0.2, -0.15) is 10.1 Å². The van der Waals surface area contributed by atoms with Crippen LogP contribution in [-0.4, -0.2) is 26.7 Å². The Morgan fingerprint density at radius 3 is 3.09 bits per heavy atom. The molecule has 4 aromatic rings. The van der Waals surface area contributed by atoms with Crippen molar-refractivity contribution in [3.05, 3.63) is 51.8 Å². The molecule has 3 heterocycles. The summed E-state index contributed by atoms with van der Waals surface area (Å²) in [5, 5.41) is 11.4. The van der Waals surface area contributed by atoms with Gasteiger partial charge in [0.2, 0.25) is 5.95 Å². The van der Waals surface area contributed by atoms with Crippen molar-refractivity contribution < 1.29 is 0 Å². The average Bonchev–Trinajstić information content (AvgIpc) is 3.13. The van der Waals surface area contributed by atoms with Gasteiger partial charge in [0.15, 0.2) is 5.65 Å². The number of benzene rings is 1. The van der Waals surface area contributed by atoms with Crippen molar-refractivity contribution in [1.29, 1.82) is 0 Å². The fourth-order valence-electron chi connectivity index (χ4n) is 2.39. The van der Waals surface area contributed by atoms with Crippen molar-refractivity contribution in [2.24, 2.45) is 0 Å². The Balaban J connectivity index is 1.48. The molecule has 0 fully saturated rings. The maximum Gasteiger partial charge on any atom is 0.263 e. The van der Waals surface area contributed by atoms with Crippen molar-refractivity contribution in [2.45, 2.75) is 6.42 Å². The minimum atomic E-state index is -0.192. The molecule has 0 amide bonds. The van der Waals surface area contributed by atoms with Crippen LogP contribution in [0.4, 0.5) is 5.95 Å². The summed E-state index contributed by atoms with van der Waals surface area (Å²) >= 11 is 1.79. The van der Waals surface area contributed by atoms with Gasteiger partial charge in [-0.05, 0) is 23.9 Å². The summed E-state index contributed by atoms with van der Waals surface area (Å²) in [6, 6.07) is 10.5. The predicted molar refractivity (Wildman–Crippen MR) is 88.5 cm³/mol. The van der Waals surface area contributed by atoms with E-state index in [0.717, 1.165) is 6.42 Å². The van der Waals surface area contributed by atoms with E-state index in [2.05, 4.69) is 49.7 Å². The number of thiophene rings is 1. The summed E-state index contributed by atoms with van der Waals surface area (Å²) in [5.74, 6) is 0.461. The normalized spacial score (nSPS) is 11.3. The second-order valence-electron chi connectivity index (χ2n) is 4.97. The fourth-order valence-corrected chi connectivity index (χ4v) is 3.46. The van der Waals surface area contributed by atoms with Crippen molar-refractivity contribution in [1.82, 2.24) is 20.2 Å². The number of fused-ring (bicyclic) bond motifs is 2. The van der Waals surface area contributed by atoms with Crippen LogP contribution in [0.15, 0.2) is 41.3 Å². The number of aromatic amines is 2. The molecule has 1 aromatic carbocycles. The van der Waals surface area contributed by atoms with Crippen molar-refractivity contribution in [3.8, 4) is 0 Å². The summed E-state index contributed by atoms with van der Waals surface area (Å²) in [7, 11) is 0. The molecule has 7 heteroatoms. The Labute approximate surface area is 129 Å². The van der Waals surface area contributed by atoms with Crippen LogP contribution in [0.5, 0.6) is 0 Å². The topological polar surface area (TPSA) is 86.5 Å². The lowest BCUT2D eigenvalue weighted by molar-refractivity contribution is 0.997. The number of hydrogen-bond donors (Lipinski definition) is 3. The van der Waals surface area contributed by atoms with Crippen LogP contribution in [-0.2, 0) is 6.42 Å². The lowest BCUT2D eigenvalue weighted by atomic mass is 10.2. The summed E-state index contributed by atoms with van der Waals surface area (Å²) in [6.45, 7) is 0.704. The number of H-pyrrole nitrogens is 2. The number of nitrogens with zero attached hydrogens (tertiary/aromatic N) is 2. The van der Waals surface area contributed by atoms with Crippen LogP contribution < -0.4 is 10.9 Å². The summed E-state index contributed by atoms with van der Waals surface area (Å²) in [6.07, 6.45) is 2.35. The molecule has 0 spiro atoms. The van der Waals surface area contributed by atoms with E-state index >= 15 is 0 Å². The van der Waals surface area contributed by atoms with E-state index in [1.165, 1.54) is 21.2 Å². The third-order valence-corrected chi connectivity index (χ3v) is 4.64. The average molecular weight is 311 g/mol. The van der Waals surface area contributed by atoms with Crippen LogP contribution in [0.3, 0.4) is 0 Å². The molecule has 4 rings (SSSR count). The van der Waals surface area contributed by atoms with E-state index in [4.69, 9.17) is 0 Å². The standard InChI is InChI=1S/C15H13N5OS/c21-14-11-8-17-20-13(11)18-15(19-14)16-6-5-10-7-9-3-1-2-4-12(9)22-10/h1-4,7-8H,5-6H2,(H3,16,17,18,19,20,21). The molecule has 0 aliphatic carbocycles. The molecule has 3 aromatic heterocycles. The van der Waals surface area contributed by atoms with Gasteiger partial charge in [0.1, 0.15) is 5.39 Å². The zero-order valence-electron chi connectivity index (χ0n) is 11.6. The van der Waals surface area contributed by atoms with E-state index < -0.39 is 0 Å². The minimum Gasteiger partial charge on any atom is -0.355 e. The summed E-state index contributed by atoms with van der Waals surface area (Å²) in [5.41, 5.74) is 0.302. The Hall–Kier alpha value is -2.67. The second kappa shape index (κ2) is 5.27. The van der Waals surface area contributed by atoms with Gasteiger partial charge in [-0.3, -0.25) is 14.9 Å². The smallest absolute Gasteiger partial charge is 0.263 e. The maximum atomic E-state index is 11.8. The Morgan fingerprint density at radius 1 is 1.27 bits per heavy atom. The Bertz CT molecular complexity index is 967. The molecule has 0 radical (unpaired) electrons. The lowest BCUT2D eigenvalue weighted by Crippen LogP contribution is -2.14. The second-order valence-corrected chi connectivity index (χ2v) is 6.14. The first-order valence-electron chi connectivity index (χ1n) is 6.94. The van der Waals surface area contributed by atoms with Gasteiger partial charge < -0.3 is 5.32 Å². The highest BCUT2D eigenvalue weighted by molar-refractivity contribution is 7.19. The van der Waals surface area contributed by atoms with E-state index in [1.54, 1.807) is 11.3 Å². The van der Waals surface area contributed by atoms with E-state index in [-0.39, 0.29) is 5.56 Å². The number of aromatic nitrogens is 4. The molecule has 0 saturated carbocycles.